The van der Waals surface area contributed by atoms with Gasteiger partial charge < -0.3 is 32.8 Å². The molecule has 2 N–H and O–H groups in total. The molecule has 16 heteroatoms. The van der Waals surface area contributed by atoms with E-state index in [-0.39, 0.29) is 36.0 Å². The van der Waals surface area contributed by atoms with Gasteiger partial charge in [0, 0.05) is 24.1 Å². The summed E-state index contributed by atoms with van der Waals surface area (Å²) in [5.74, 6) is -0.558. The number of nitrogens with zero attached hydrogens (tertiary/aromatic N) is 4. The number of aromatic nitrogens is 2. The summed E-state index contributed by atoms with van der Waals surface area (Å²) >= 11 is 0. The highest BCUT2D eigenvalue weighted by Gasteiger charge is 2.55. The third-order valence-corrected chi connectivity index (χ3v) is 18.1. The van der Waals surface area contributed by atoms with Crippen molar-refractivity contribution in [1.82, 2.24) is 14.2 Å². The number of nitrogens with one attached hydrogen (secondary N) is 1. The van der Waals surface area contributed by atoms with Crippen LogP contribution >= 0.6 is 8.53 Å². The number of ether oxygens (including phenoxy) is 4. The molecule has 0 radical (unpaired) electrons. The molecule has 2 unspecified atom stereocenters. The van der Waals surface area contributed by atoms with E-state index in [0.29, 0.717) is 11.5 Å². The minimum absolute atomic E-state index is 0.0554. The molecule has 4 aromatic rings. The third-order valence-electron chi connectivity index (χ3n) is 11.9. The van der Waals surface area contributed by atoms with Gasteiger partial charge in [0.25, 0.3) is 14.1 Å². The van der Waals surface area contributed by atoms with E-state index in [1.165, 1.54) is 0 Å². The number of hydrogen-bond acceptors (Lipinski definition) is 12. The quantitative estimate of drug-likeness (QED) is 0.0562. The van der Waals surface area contributed by atoms with Crippen LogP contribution in [0.15, 0.2) is 94.5 Å². The zero-order chi connectivity index (χ0) is 45.6. The third kappa shape index (κ3) is 10.2. The van der Waals surface area contributed by atoms with Gasteiger partial charge in [0.05, 0.1) is 51.6 Å². The van der Waals surface area contributed by atoms with Crippen LogP contribution in [-0.4, -0.2) is 79.2 Å². The highest BCUT2D eigenvalue weighted by molar-refractivity contribution is 7.43. The van der Waals surface area contributed by atoms with Gasteiger partial charge >= 0.3 is 5.69 Å². The van der Waals surface area contributed by atoms with Crippen LogP contribution in [0.1, 0.15) is 77.1 Å². The lowest BCUT2D eigenvalue weighted by Gasteiger charge is -2.42. The van der Waals surface area contributed by atoms with Crippen molar-refractivity contribution in [2.24, 2.45) is 11.8 Å². The summed E-state index contributed by atoms with van der Waals surface area (Å²) in [6.45, 7) is 17.8. The molecule has 1 aliphatic rings. The van der Waals surface area contributed by atoms with Gasteiger partial charge in [-0.05, 0) is 86.8 Å². The molecule has 1 aliphatic heterocycles. The fourth-order valence-corrected chi connectivity index (χ4v) is 10.3. The van der Waals surface area contributed by atoms with E-state index in [1.807, 2.05) is 130 Å². The predicted molar refractivity (Wildman–Crippen MR) is 240 cm³/mol. The van der Waals surface area contributed by atoms with Gasteiger partial charge in [-0.3, -0.25) is 14.3 Å². The molecule has 0 saturated carbocycles. The molecule has 1 aromatic heterocycles. The van der Waals surface area contributed by atoms with Gasteiger partial charge in [-0.2, -0.15) is 10.5 Å². The lowest BCUT2D eigenvalue weighted by atomic mass is 9.79. The van der Waals surface area contributed by atoms with E-state index in [9.17, 15) is 25.0 Å². The van der Waals surface area contributed by atoms with E-state index in [0.717, 1.165) is 27.3 Å². The summed E-state index contributed by atoms with van der Waals surface area (Å²) in [5.41, 5.74) is -0.846. The van der Waals surface area contributed by atoms with Crippen LogP contribution in [0.3, 0.4) is 0 Å². The lowest BCUT2D eigenvalue weighted by Crippen LogP contribution is -2.50. The first-order valence-corrected chi connectivity index (χ1v) is 24.8. The standard InChI is InChI=1S/C46H60N5O9PSi/c1-30(2)51(31(3)4)61(54)58-28-32(26-47)41-39(59-43(42(41)60-62(10,11)45(5,6)7)50-36(27-48)25-40(52)49-44(50)53)29-57-46(33-15-13-12-14-16-33,34-17-21-37(55-8)22-18-34)35-19-23-38(56-9)24-20-35/h12-25,30-32,39,41-43,54H,28-29H2,1-11H3,(H,49,52,53)/t32?,39-,41+,42+,43+,61?/m0/s1. The van der Waals surface area contributed by atoms with E-state index >= 15 is 0 Å². The van der Waals surface area contributed by atoms with Crippen LogP contribution in [0, 0.1) is 34.5 Å². The number of aromatic amines is 1. The molecule has 0 spiro atoms. The zero-order valence-electron chi connectivity index (χ0n) is 37.5. The predicted octanol–water partition coefficient (Wildman–Crippen LogP) is 7.83. The number of nitriles is 2. The molecule has 0 aliphatic carbocycles. The Hall–Kier alpha value is -4.67. The van der Waals surface area contributed by atoms with E-state index in [4.69, 9.17) is 27.9 Å². The first-order valence-electron chi connectivity index (χ1n) is 20.7. The van der Waals surface area contributed by atoms with Crippen LogP contribution in [0.5, 0.6) is 11.5 Å². The fourth-order valence-electron chi connectivity index (χ4n) is 7.81. The Morgan fingerprint density at radius 3 is 1.89 bits per heavy atom. The summed E-state index contributed by atoms with van der Waals surface area (Å²) in [7, 11) is -1.71. The molecule has 1 fully saturated rings. The van der Waals surface area contributed by atoms with Crippen LogP contribution in [0.25, 0.3) is 0 Å². The Balaban J connectivity index is 1.74. The molecule has 3 aromatic carbocycles. The monoisotopic (exact) mass is 885 g/mol. The topological polar surface area (TPSA) is 181 Å². The maximum atomic E-state index is 13.8. The van der Waals surface area contributed by atoms with Crippen molar-refractivity contribution in [2.45, 2.75) is 103 Å². The summed E-state index contributed by atoms with van der Waals surface area (Å²) in [4.78, 5) is 40.1. The van der Waals surface area contributed by atoms with Crippen LogP contribution < -0.4 is 20.7 Å². The molecule has 62 heavy (non-hydrogen) atoms. The van der Waals surface area contributed by atoms with E-state index < -0.39 is 64.0 Å². The second-order valence-electron chi connectivity index (χ2n) is 17.5. The molecule has 332 valence electrons. The first-order chi connectivity index (χ1) is 29.3. The molecular weight excluding hydrogens is 826 g/mol. The molecule has 14 nitrogen and oxygen atoms in total. The molecule has 5 rings (SSSR count). The van der Waals surface area contributed by atoms with Crippen molar-refractivity contribution < 1.29 is 32.8 Å². The second-order valence-corrected chi connectivity index (χ2v) is 23.4. The Labute approximate surface area is 367 Å². The van der Waals surface area contributed by atoms with Gasteiger partial charge in [-0.15, -0.1) is 0 Å². The number of methoxy groups -OCH3 is 2. The number of H-pyrrole nitrogens is 1. The molecule has 6 atom stereocenters. The molecule has 0 amide bonds. The number of benzene rings is 3. The van der Waals surface area contributed by atoms with Crippen molar-refractivity contribution in [3.63, 3.8) is 0 Å². The van der Waals surface area contributed by atoms with Gasteiger partial charge in [0.2, 0.25) is 0 Å². The summed E-state index contributed by atoms with van der Waals surface area (Å²) in [6, 6.07) is 30.2. The maximum absolute atomic E-state index is 13.8. The summed E-state index contributed by atoms with van der Waals surface area (Å²) in [6.07, 6.45) is -3.30. The van der Waals surface area contributed by atoms with Gasteiger partial charge in [-0.1, -0.05) is 75.4 Å². The molecule has 1 saturated heterocycles. The van der Waals surface area contributed by atoms with Crippen LogP contribution in [-0.2, 0) is 24.0 Å². The van der Waals surface area contributed by atoms with Crippen molar-refractivity contribution >= 4 is 16.8 Å². The highest BCUT2D eigenvalue weighted by Crippen LogP contribution is 2.49. The molecule has 0 bridgehead atoms. The van der Waals surface area contributed by atoms with Crippen LogP contribution in [0.4, 0.5) is 0 Å². The van der Waals surface area contributed by atoms with Gasteiger partial charge in [0.1, 0.15) is 28.9 Å². The van der Waals surface area contributed by atoms with E-state index in [1.54, 1.807) is 14.2 Å². The Morgan fingerprint density at radius 1 is 0.887 bits per heavy atom. The van der Waals surface area contributed by atoms with Crippen LogP contribution in [0.2, 0.25) is 18.1 Å². The summed E-state index contributed by atoms with van der Waals surface area (Å²) in [5, 5.41) is 21.1. The Morgan fingerprint density at radius 2 is 1.42 bits per heavy atom. The van der Waals surface area contributed by atoms with Gasteiger partial charge in [-0.25, -0.2) is 9.46 Å². The molecular formula is C46H60N5O9PSi. The highest BCUT2D eigenvalue weighted by atomic mass is 31.2. The Bertz CT molecular complexity index is 2250. The Kier molecular flexibility index (Phi) is 15.8. The minimum atomic E-state index is -2.78. The largest absolute Gasteiger partial charge is 0.497 e. The first kappa shape index (κ1) is 48.4. The maximum Gasteiger partial charge on any atom is 0.331 e. The number of rotatable bonds is 18. The number of hydrogen-bond donors (Lipinski definition) is 2. The van der Waals surface area contributed by atoms with Gasteiger partial charge in [0.15, 0.2) is 14.5 Å². The lowest BCUT2D eigenvalue weighted by molar-refractivity contribution is -0.0917. The second kappa shape index (κ2) is 20.2. The van der Waals surface area contributed by atoms with E-state index in [2.05, 4.69) is 31.8 Å². The zero-order valence-corrected chi connectivity index (χ0v) is 39.4. The van der Waals surface area contributed by atoms with Crippen molar-refractivity contribution in [1.29, 1.82) is 10.5 Å². The fraction of sp³-hybridized carbons (Fsp3) is 0.478. The average Bonchev–Trinajstić information content (AvgIpc) is 3.56. The van der Waals surface area contributed by atoms with Crippen molar-refractivity contribution in [2.75, 3.05) is 27.4 Å². The smallest absolute Gasteiger partial charge is 0.331 e. The molecule has 2 heterocycles. The normalized spacial score (nSPS) is 19.3. The minimum Gasteiger partial charge on any atom is -0.497 e. The van der Waals surface area contributed by atoms with Crippen molar-refractivity contribution in [3.05, 3.63) is 128 Å². The van der Waals surface area contributed by atoms with Crippen molar-refractivity contribution in [3.8, 4) is 23.6 Å². The summed E-state index contributed by atoms with van der Waals surface area (Å²) < 4.78 is 41.7. The SMILES string of the molecule is COc1ccc(C(OC[C@@H]2O[C@@H](n3c(C#N)cc(=O)[nH]c3=O)[C@H](O[Si](C)(C)C(C)(C)C)[C@@H]2C(C#N)COP(O)N(C(C)C)C(C)C)(c2ccccc2)c2ccc(OC)cc2)cc1. The average molecular weight is 886 g/mol.